The van der Waals surface area contributed by atoms with Crippen molar-refractivity contribution in [2.24, 2.45) is 0 Å². The first-order chi connectivity index (χ1) is 9.72. The van der Waals surface area contributed by atoms with Crippen LogP contribution in [-0.4, -0.2) is 20.7 Å². The average Bonchev–Trinajstić information content (AvgIpc) is 2.72. The predicted octanol–water partition coefficient (Wildman–Crippen LogP) is 2.21. The van der Waals surface area contributed by atoms with Crippen LogP contribution in [0.1, 0.15) is 47.2 Å². The Morgan fingerprint density at radius 3 is 2.00 bits per heavy atom. The maximum atomic E-state index is 10.7. The van der Waals surface area contributed by atoms with Gasteiger partial charge in [-0.05, 0) is 24.0 Å². The Bertz CT molecular complexity index is 632. The second kappa shape index (κ2) is 3.91. The molecule has 0 aliphatic heterocycles. The van der Waals surface area contributed by atoms with Crippen LogP contribution in [0.2, 0.25) is 0 Å². The minimum Gasteiger partial charge on any atom is -0.378 e. The Balaban J connectivity index is 2.01. The lowest BCUT2D eigenvalue weighted by molar-refractivity contribution is 0.0804. The van der Waals surface area contributed by atoms with Gasteiger partial charge in [-0.3, -0.25) is 9.97 Å². The van der Waals surface area contributed by atoms with Crippen molar-refractivity contribution >= 4 is 0 Å². The standard InChI is InChI=1S/C17H14N2O/c1-2-17(20)9-13-11-5-3-4-6-12(11)14(10-17)16-15(13)18-7-8-19-16/h1,3-8,13-14,20H,9-10H2. The second-order valence-corrected chi connectivity index (χ2v) is 5.65. The lowest BCUT2D eigenvalue weighted by atomic mass is 9.78. The molecule has 2 atom stereocenters. The van der Waals surface area contributed by atoms with Gasteiger partial charge in [0.25, 0.3) is 0 Å². The van der Waals surface area contributed by atoms with E-state index in [2.05, 4.69) is 28.0 Å². The SMILES string of the molecule is C#CC1(O)CC2c3ccccc3C(C1)c1nccnc12. The van der Waals surface area contributed by atoms with E-state index in [1.807, 2.05) is 12.1 Å². The first-order valence-electron chi connectivity index (χ1n) is 6.81. The van der Waals surface area contributed by atoms with E-state index in [0.717, 1.165) is 11.4 Å². The first-order valence-corrected chi connectivity index (χ1v) is 6.81. The molecule has 0 saturated heterocycles. The summed E-state index contributed by atoms with van der Waals surface area (Å²) in [7, 11) is 0. The van der Waals surface area contributed by atoms with Crippen molar-refractivity contribution in [3.05, 3.63) is 59.2 Å². The first kappa shape index (κ1) is 11.6. The molecule has 3 aliphatic rings. The van der Waals surface area contributed by atoms with Crippen LogP contribution in [0.15, 0.2) is 36.7 Å². The van der Waals surface area contributed by atoms with Crippen LogP contribution >= 0.6 is 0 Å². The van der Waals surface area contributed by atoms with Gasteiger partial charge in [-0.1, -0.05) is 30.2 Å². The highest BCUT2D eigenvalue weighted by atomic mass is 16.3. The number of rotatable bonds is 0. The third-order valence-corrected chi connectivity index (χ3v) is 4.52. The summed E-state index contributed by atoms with van der Waals surface area (Å²) in [5.74, 6) is 2.66. The summed E-state index contributed by atoms with van der Waals surface area (Å²) in [6.45, 7) is 0. The lowest BCUT2D eigenvalue weighted by Crippen LogP contribution is -2.27. The Kier molecular flexibility index (Phi) is 2.27. The molecule has 1 heterocycles. The van der Waals surface area contributed by atoms with E-state index >= 15 is 0 Å². The van der Waals surface area contributed by atoms with Crippen LogP contribution < -0.4 is 0 Å². The number of hydrogen-bond donors (Lipinski definition) is 1. The normalized spacial score (nSPS) is 30.0. The average molecular weight is 262 g/mol. The molecule has 0 saturated carbocycles. The molecule has 0 spiro atoms. The molecule has 1 N–H and O–H groups in total. The number of nitrogens with zero attached hydrogens (tertiary/aromatic N) is 2. The number of aromatic nitrogens is 2. The summed E-state index contributed by atoms with van der Waals surface area (Å²) < 4.78 is 0. The summed E-state index contributed by atoms with van der Waals surface area (Å²) in [5.41, 5.74) is 3.33. The van der Waals surface area contributed by atoms with Crippen LogP contribution in [-0.2, 0) is 0 Å². The van der Waals surface area contributed by atoms with E-state index in [4.69, 9.17) is 6.42 Å². The Morgan fingerprint density at radius 1 is 1.05 bits per heavy atom. The summed E-state index contributed by atoms with van der Waals surface area (Å²) in [5, 5.41) is 10.7. The van der Waals surface area contributed by atoms with E-state index in [1.165, 1.54) is 11.1 Å². The minimum absolute atomic E-state index is 0.0368. The lowest BCUT2D eigenvalue weighted by Gasteiger charge is -2.27. The molecule has 2 aromatic rings. The molecule has 0 radical (unpaired) electrons. The molecule has 0 fully saturated rings. The molecule has 5 rings (SSSR count). The van der Waals surface area contributed by atoms with Crippen LogP contribution in [0.3, 0.4) is 0 Å². The monoisotopic (exact) mass is 262 g/mol. The highest BCUT2D eigenvalue weighted by molar-refractivity contribution is 5.51. The zero-order valence-electron chi connectivity index (χ0n) is 11.0. The summed E-state index contributed by atoms with van der Waals surface area (Å²) in [4.78, 5) is 9.04. The van der Waals surface area contributed by atoms with Gasteiger partial charge in [0.1, 0.15) is 5.60 Å². The van der Waals surface area contributed by atoms with Crippen molar-refractivity contribution in [2.45, 2.75) is 30.3 Å². The van der Waals surface area contributed by atoms with Crippen molar-refractivity contribution in [1.29, 1.82) is 0 Å². The third-order valence-electron chi connectivity index (χ3n) is 4.52. The van der Waals surface area contributed by atoms with E-state index < -0.39 is 5.60 Å². The van der Waals surface area contributed by atoms with Gasteiger partial charge in [0, 0.05) is 24.2 Å². The molecule has 0 amide bonds. The summed E-state index contributed by atoms with van der Waals surface area (Å²) in [6, 6.07) is 8.30. The molecule has 2 unspecified atom stereocenters. The maximum Gasteiger partial charge on any atom is 0.127 e. The van der Waals surface area contributed by atoms with Crippen molar-refractivity contribution in [3.63, 3.8) is 0 Å². The molecule has 3 nitrogen and oxygen atoms in total. The Labute approximate surface area is 117 Å². The fourth-order valence-electron chi connectivity index (χ4n) is 3.63. The molecular weight excluding hydrogens is 248 g/mol. The number of fused-ring (bicyclic) bond motifs is 2. The zero-order chi connectivity index (χ0) is 13.7. The molecule has 2 bridgehead atoms. The number of hydrogen-bond acceptors (Lipinski definition) is 3. The maximum absolute atomic E-state index is 10.7. The van der Waals surface area contributed by atoms with Gasteiger partial charge in [-0.2, -0.15) is 0 Å². The fraction of sp³-hybridized carbons (Fsp3) is 0.294. The van der Waals surface area contributed by atoms with Gasteiger partial charge < -0.3 is 5.11 Å². The van der Waals surface area contributed by atoms with E-state index in [1.54, 1.807) is 12.4 Å². The summed E-state index contributed by atoms with van der Waals surface area (Å²) in [6.07, 6.45) is 10.1. The van der Waals surface area contributed by atoms with E-state index in [-0.39, 0.29) is 11.8 Å². The highest BCUT2D eigenvalue weighted by Gasteiger charge is 2.45. The highest BCUT2D eigenvalue weighted by Crippen LogP contribution is 2.51. The minimum atomic E-state index is -1.09. The third kappa shape index (κ3) is 1.46. The summed E-state index contributed by atoms with van der Waals surface area (Å²) >= 11 is 0. The van der Waals surface area contributed by atoms with Crippen molar-refractivity contribution in [1.82, 2.24) is 9.97 Å². The quantitative estimate of drug-likeness (QED) is 0.740. The predicted molar refractivity (Wildman–Crippen MR) is 75.2 cm³/mol. The zero-order valence-corrected chi connectivity index (χ0v) is 11.0. The van der Waals surface area contributed by atoms with Crippen molar-refractivity contribution in [2.75, 3.05) is 0 Å². The number of aliphatic hydroxyl groups is 1. The van der Waals surface area contributed by atoms with Crippen LogP contribution in [0.4, 0.5) is 0 Å². The topological polar surface area (TPSA) is 46.0 Å². The van der Waals surface area contributed by atoms with Crippen LogP contribution in [0.5, 0.6) is 0 Å². The van der Waals surface area contributed by atoms with Crippen molar-refractivity contribution < 1.29 is 5.11 Å². The molecule has 98 valence electrons. The smallest absolute Gasteiger partial charge is 0.127 e. The van der Waals surface area contributed by atoms with Crippen molar-refractivity contribution in [3.8, 4) is 12.3 Å². The van der Waals surface area contributed by atoms with Crippen LogP contribution in [0.25, 0.3) is 0 Å². The van der Waals surface area contributed by atoms with E-state index in [0.29, 0.717) is 12.8 Å². The molecule has 3 heteroatoms. The second-order valence-electron chi connectivity index (χ2n) is 5.65. The molecule has 3 aliphatic carbocycles. The Hall–Kier alpha value is -2.18. The van der Waals surface area contributed by atoms with Gasteiger partial charge in [-0.25, -0.2) is 0 Å². The van der Waals surface area contributed by atoms with Gasteiger partial charge in [-0.15, -0.1) is 6.42 Å². The van der Waals surface area contributed by atoms with Crippen LogP contribution in [0, 0.1) is 12.3 Å². The largest absolute Gasteiger partial charge is 0.378 e. The Morgan fingerprint density at radius 2 is 1.55 bits per heavy atom. The molecular formula is C17H14N2O. The molecule has 20 heavy (non-hydrogen) atoms. The molecule has 1 aromatic carbocycles. The number of benzene rings is 1. The van der Waals surface area contributed by atoms with Gasteiger partial charge in [0.05, 0.1) is 11.4 Å². The van der Waals surface area contributed by atoms with E-state index in [9.17, 15) is 5.11 Å². The van der Waals surface area contributed by atoms with Gasteiger partial charge >= 0.3 is 0 Å². The number of terminal acetylenes is 1. The fourth-order valence-corrected chi connectivity index (χ4v) is 3.63. The van der Waals surface area contributed by atoms with Gasteiger partial charge in [0.2, 0.25) is 0 Å². The van der Waals surface area contributed by atoms with Gasteiger partial charge in [0.15, 0.2) is 0 Å². The molecule has 1 aromatic heterocycles.